The molecule has 0 saturated heterocycles. The molecule has 1 N–H and O–H groups in total. The molecule has 0 radical (unpaired) electrons. The van der Waals surface area contributed by atoms with Gasteiger partial charge in [-0.3, -0.25) is 0 Å². The number of rotatable bonds is 6. The average molecular weight is 302 g/mol. The molecule has 0 amide bonds. The fourth-order valence-corrected chi connectivity index (χ4v) is 3.88. The second-order valence-corrected chi connectivity index (χ2v) is 7.19. The second kappa shape index (κ2) is 7.19. The van der Waals surface area contributed by atoms with Crippen LogP contribution in [0.1, 0.15) is 59.0 Å². The van der Waals surface area contributed by atoms with Crippen molar-refractivity contribution in [3.63, 3.8) is 0 Å². The molecule has 2 nitrogen and oxygen atoms in total. The molecule has 0 saturated carbocycles. The summed E-state index contributed by atoms with van der Waals surface area (Å²) in [6.07, 6.45) is 0.943. The van der Waals surface area contributed by atoms with E-state index in [1.165, 1.54) is 32.3 Å². The predicted molar refractivity (Wildman–Crippen MR) is 92.3 cm³/mol. The summed E-state index contributed by atoms with van der Waals surface area (Å²) in [6, 6.07) is 6.77. The molecule has 0 aliphatic carbocycles. The summed E-state index contributed by atoms with van der Waals surface area (Å²) in [6.45, 7) is 12.9. The minimum Gasteiger partial charge on any atom is -0.312 e. The standard InChI is InChI=1S/C18H26N2S/c1-6-19-11-16-18(12(2)3)20-17(21-16)10-15-8-13(4)7-14(5)9-15/h7-9,12,19H,6,10-11H2,1-5H3. The largest absolute Gasteiger partial charge is 0.312 e. The Balaban J connectivity index is 2.23. The van der Waals surface area contributed by atoms with Gasteiger partial charge in [0.25, 0.3) is 0 Å². The number of hydrogen-bond donors (Lipinski definition) is 1. The van der Waals surface area contributed by atoms with Gasteiger partial charge in [-0.05, 0) is 31.9 Å². The highest BCUT2D eigenvalue weighted by Crippen LogP contribution is 2.27. The van der Waals surface area contributed by atoms with E-state index in [0.717, 1.165) is 19.5 Å². The van der Waals surface area contributed by atoms with Crippen molar-refractivity contribution >= 4 is 11.3 Å². The summed E-state index contributed by atoms with van der Waals surface area (Å²) in [5.41, 5.74) is 5.30. The number of hydrogen-bond acceptors (Lipinski definition) is 3. The Kier molecular flexibility index (Phi) is 5.54. The number of thiazole rings is 1. The minimum absolute atomic E-state index is 0.489. The summed E-state index contributed by atoms with van der Waals surface area (Å²) in [7, 11) is 0. The van der Waals surface area contributed by atoms with E-state index >= 15 is 0 Å². The molecule has 3 heteroatoms. The molecule has 0 spiro atoms. The third kappa shape index (κ3) is 4.39. The Morgan fingerprint density at radius 1 is 1.14 bits per heavy atom. The van der Waals surface area contributed by atoms with Crippen LogP contribution in [0.2, 0.25) is 0 Å². The summed E-state index contributed by atoms with van der Waals surface area (Å²) >= 11 is 1.86. The van der Waals surface area contributed by atoms with Crippen LogP contribution in [0.4, 0.5) is 0 Å². The number of nitrogens with one attached hydrogen (secondary N) is 1. The monoisotopic (exact) mass is 302 g/mol. The van der Waals surface area contributed by atoms with Gasteiger partial charge in [-0.15, -0.1) is 11.3 Å². The molecule has 1 aromatic heterocycles. The third-order valence-electron chi connectivity index (χ3n) is 3.49. The number of nitrogens with zero attached hydrogens (tertiary/aromatic N) is 1. The van der Waals surface area contributed by atoms with Gasteiger partial charge in [0.2, 0.25) is 0 Å². The first-order valence-electron chi connectivity index (χ1n) is 7.76. The van der Waals surface area contributed by atoms with E-state index < -0.39 is 0 Å². The van der Waals surface area contributed by atoms with Gasteiger partial charge in [-0.2, -0.15) is 0 Å². The van der Waals surface area contributed by atoms with Crippen LogP contribution >= 0.6 is 11.3 Å². The Morgan fingerprint density at radius 2 is 1.81 bits per heavy atom. The summed E-state index contributed by atoms with van der Waals surface area (Å²) in [5, 5.41) is 4.66. The first-order chi connectivity index (χ1) is 9.99. The van der Waals surface area contributed by atoms with Crippen molar-refractivity contribution in [1.29, 1.82) is 0 Å². The van der Waals surface area contributed by atoms with Crippen LogP contribution < -0.4 is 5.32 Å². The lowest BCUT2D eigenvalue weighted by Crippen LogP contribution is -2.12. The van der Waals surface area contributed by atoms with Gasteiger partial charge < -0.3 is 5.32 Å². The highest BCUT2D eigenvalue weighted by atomic mass is 32.1. The predicted octanol–water partition coefficient (Wildman–Crippen LogP) is 4.58. The minimum atomic E-state index is 0.489. The molecule has 0 aliphatic rings. The Bertz CT molecular complexity index is 579. The molecular weight excluding hydrogens is 276 g/mol. The van der Waals surface area contributed by atoms with Crippen molar-refractivity contribution in [3.8, 4) is 0 Å². The van der Waals surface area contributed by atoms with E-state index in [0.29, 0.717) is 5.92 Å². The third-order valence-corrected chi connectivity index (χ3v) is 4.56. The molecule has 1 heterocycles. The lowest BCUT2D eigenvalue weighted by Gasteiger charge is -2.05. The van der Waals surface area contributed by atoms with Crippen molar-refractivity contribution in [2.24, 2.45) is 0 Å². The molecule has 2 rings (SSSR count). The maximum Gasteiger partial charge on any atom is 0.0975 e. The zero-order valence-electron chi connectivity index (χ0n) is 13.8. The van der Waals surface area contributed by atoms with Gasteiger partial charge in [0.1, 0.15) is 0 Å². The van der Waals surface area contributed by atoms with Gasteiger partial charge in [0, 0.05) is 17.8 Å². The summed E-state index contributed by atoms with van der Waals surface area (Å²) in [4.78, 5) is 6.29. The van der Waals surface area contributed by atoms with Gasteiger partial charge in [0.15, 0.2) is 0 Å². The molecule has 1 aromatic carbocycles. The molecule has 0 bridgehead atoms. The molecule has 21 heavy (non-hydrogen) atoms. The lowest BCUT2D eigenvalue weighted by atomic mass is 10.1. The van der Waals surface area contributed by atoms with Gasteiger partial charge in [-0.25, -0.2) is 4.98 Å². The lowest BCUT2D eigenvalue weighted by molar-refractivity contribution is 0.713. The summed E-state index contributed by atoms with van der Waals surface area (Å²) in [5.74, 6) is 0.489. The van der Waals surface area contributed by atoms with E-state index in [1.54, 1.807) is 0 Å². The maximum atomic E-state index is 4.90. The smallest absolute Gasteiger partial charge is 0.0975 e. The number of aromatic nitrogens is 1. The zero-order chi connectivity index (χ0) is 15.4. The van der Waals surface area contributed by atoms with Gasteiger partial charge in [-0.1, -0.05) is 50.1 Å². The SMILES string of the molecule is CCNCc1sc(Cc2cc(C)cc(C)c2)nc1C(C)C. The maximum absolute atomic E-state index is 4.90. The Labute approximate surface area is 132 Å². The first-order valence-corrected chi connectivity index (χ1v) is 8.57. The number of benzene rings is 1. The second-order valence-electron chi connectivity index (χ2n) is 6.02. The fraction of sp³-hybridized carbons (Fsp3) is 0.500. The highest BCUT2D eigenvalue weighted by molar-refractivity contribution is 7.11. The molecule has 0 unspecified atom stereocenters. The van der Waals surface area contributed by atoms with Crippen molar-refractivity contribution in [2.75, 3.05) is 6.54 Å². The van der Waals surface area contributed by atoms with E-state index in [9.17, 15) is 0 Å². The first kappa shape index (κ1) is 16.2. The molecule has 2 aromatic rings. The van der Waals surface area contributed by atoms with Crippen molar-refractivity contribution in [3.05, 3.63) is 50.5 Å². The normalized spacial score (nSPS) is 11.3. The van der Waals surface area contributed by atoms with Crippen LogP contribution in [-0.2, 0) is 13.0 Å². The van der Waals surface area contributed by atoms with Crippen molar-refractivity contribution < 1.29 is 0 Å². The quantitative estimate of drug-likeness (QED) is 0.844. The highest BCUT2D eigenvalue weighted by Gasteiger charge is 2.14. The molecule has 0 atom stereocenters. The van der Waals surface area contributed by atoms with Crippen molar-refractivity contribution in [1.82, 2.24) is 10.3 Å². The fourth-order valence-electron chi connectivity index (χ4n) is 2.65. The van der Waals surface area contributed by atoms with Crippen LogP contribution in [0.25, 0.3) is 0 Å². The van der Waals surface area contributed by atoms with E-state index in [2.05, 4.69) is 58.1 Å². The van der Waals surface area contributed by atoms with Crippen LogP contribution in [0, 0.1) is 13.8 Å². The number of aryl methyl sites for hydroxylation is 2. The Morgan fingerprint density at radius 3 is 2.38 bits per heavy atom. The average Bonchev–Trinajstić information content (AvgIpc) is 2.78. The molecule has 0 aliphatic heterocycles. The molecule has 0 fully saturated rings. The molecule has 114 valence electrons. The summed E-state index contributed by atoms with van der Waals surface area (Å²) < 4.78 is 0. The zero-order valence-corrected chi connectivity index (χ0v) is 14.6. The van der Waals surface area contributed by atoms with Crippen LogP contribution in [0.15, 0.2) is 18.2 Å². The van der Waals surface area contributed by atoms with Gasteiger partial charge >= 0.3 is 0 Å². The Hall–Kier alpha value is -1.19. The van der Waals surface area contributed by atoms with E-state index in [1.807, 2.05) is 11.3 Å². The molecular formula is C18H26N2S. The topological polar surface area (TPSA) is 24.9 Å². The van der Waals surface area contributed by atoms with Crippen LogP contribution in [-0.4, -0.2) is 11.5 Å². The van der Waals surface area contributed by atoms with Crippen LogP contribution in [0.5, 0.6) is 0 Å². The van der Waals surface area contributed by atoms with E-state index in [-0.39, 0.29) is 0 Å². The van der Waals surface area contributed by atoms with E-state index in [4.69, 9.17) is 4.98 Å². The van der Waals surface area contributed by atoms with Gasteiger partial charge in [0.05, 0.1) is 10.7 Å². The van der Waals surface area contributed by atoms with Crippen LogP contribution in [0.3, 0.4) is 0 Å². The van der Waals surface area contributed by atoms with Crippen molar-refractivity contribution in [2.45, 2.75) is 53.5 Å².